The Labute approximate surface area is 118 Å². The van der Waals surface area contributed by atoms with Gasteiger partial charge in [0.25, 0.3) is 5.91 Å². The normalized spacial score (nSPS) is 14.2. The molecular formula is C15H20N2O3. The monoisotopic (exact) mass is 276 g/mol. The van der Waals surface area contributed by atoms with Gasteiger partial charge in [0.1, 0.15) is 5.75 Å². The minimum absolute atomic E-state index is 0.0133. The molecule has 5 heteroatoms. The van der Waals surface area contributed by atoms with Crippen LogP contribution in [0.3, 0.4) is 0 Å². The highest BCUT2D eigenvalue weighted by Crippen LogP contribution is 2.25. The molecule has 5 nitrogen and oxygen atoms in total. The minimum Gasteiger partial charge on any atom is -0.484 e. The van der Waals surface area contributed by atoms with Crippen molar-refractivity contribution in [3.05, 3.63) is 30.3 Å². The van der Waals surface area contributed by atoms with Crippen LogP contribution >= 0.6 is 0 Å². The van der Waals surface area contributed by atoms with Gasteiger partial charge in [0.05, 0.1) is 0 Å². The van der Waals surface area contributed by atoms with Crippen molar-refractivity contribution in [2.45, 2.75) is 19.3 Å². The van der Waals surface area contributed by atoms with Crippen LogP contribution in [0.15, 0.2) is 30.3 Å². The summed E-state index contributed by atoms with van der Waals surface area (Å²) in [5.41, 5.74) is 0. The van der Waals surface area contributed by atoms with E-state index in [1.807, 2.05) is 18.2 Å². The lowest BCUT2D eigenvalue weighted by Gasteiger charge is -2.24. The molecule has 0 radical (unpaired) electrons. The van der Waals surface area contributed by atoms with E-state index in [0.717, 1.165) is 19.3 Å². The van der Waals surface area contributed by atoms with E-state index in [1.165, 1.54) is 0 Å². The van der Waals surface area contributed by atoms with Crippen LogP contribution in [-0.2, 0) is 9.59 Å². The second-order valence-electron chi connectivity index (χ2n) is 4.87. The third-order valence-electron chi connectivity index (χ3n) is 3.34. The van der Waals surface area contributed by atoms with Crippen LogP contribution in [0.4, 0.5) is 0 Å². The Morgan fingerprint density at radius 3 is 2.45 bits per heavy atom. The molecule has 2 amide bonds. The topological polar surface area (TPSA) is 67.4 Å². The number of hydrogen-bond donors (Lipinski definition) is 2. The van der Waals surface area contributed by atoms with Gasteiger partial charge in [-0.05, 0) is 25.0 Å². The number of para-hydroxylation sites is 1. The molecule has 2 N–H and O–H groups in total. The first-order valence-corrected chi connectivity index (χ1v) is 6.98. The summed E-state index contributed by atoms with van der Waals surface area (Å²) < 4.78 is 5.31. The lowest BCUT2D eigenvalue weighted by Crippen LogP contribution is -2.40. The Balaban J connectivity index is 1.53. The highest BCUT2D eigenvalue weighted by molar-refractivity contribution is 5.79. The van der Waals surface area contributed by atoms with Crippen LogP contribution in [0.25, 0.3) is 0 Å². The summed E-state index contributed by atoms with van der Waals surface area (Å²) in [6.07, 6.45) is 3.12. The van der Waals surface area contributed by atoms with Gasteiger partial charge in [0.15, 0.2) is 6.61 Å². The van der Waals surface area contributed by atoms with Crippen molar-refractivity contribution in [3.8, 4) is 5.75 Å². The molecule has 1 fully saturated rings. The molecule has 1 aliphatic rings. The van der Waals surface area contributed by atoms with Crippen LogP contribution in [0.5, 0.6) is 5.75 Å². The van der Waals surface area contributed by atoms with E-state index in [4.69, 9.17) is 4.74 Å². The van der Waals surface area contributed by atoms with Crippen molar-refractivity contribution in [1.29, 1.82) is 0 Å². The van der Waals surface area contributed by atoms with E-state index in [1.54, 1.807) is 12.1 Å². The van der Waals surface area contributed by atoms with Crippen LogP contribution in [-0.4, -0.2) is 31.5 Å². The van der Waals surface area contributed by atoms with Crippen molar-refractivity contribution >= 4 is 11.8 Å². The molecule has 0 heterocycles. The molecule has 0 unspecified atom stereocenters. The quantitative estimate of drug-likeness (QED) is 0.733. The molecular weight excluding hydrogens is 256 g/mol. The van der Waals surface area contributed by atoms with Crippen molar-refractivity contribution in [1.82, 2.24) is 10.6 Å². The number of amides is 2. The van der Waals surface area contributed by atoms with Crippen LogP contribution in [0.2, 0.25) is 0 Å². The Kier molecular flexibility index (Phi) is 5.41. The maximum atomic E-state index is 11.5. The lowest BCUT2D eigenvalue weighted by molar-refractivity contribution is -0.128. The van der Waals surface area contributed by atoms with Gasteiger partial charge >= 0.3 is 0 Å². The first-order chi connectivity index (χ1) is 9.75. The van der Waals surface area contributed by atoms with Gasteiger partial charge in [-0.3, -0.25) is 9.59 Å². The fourth-order valence-corrected chi connectivity index (χ4v) is 1.92. The Morgan fingerprint density at radius 2 is 1.80 bits per heavy atom. The van der Waals surface area contributed by atoms with E-state index in [-0.39, 0.29) is 24.3 Å². The van der Waals surface area contributed by atoms with Crippen molar-refractivity contribution in [2.75, 3.05) is 19.7 Å². The summed E-state index contributed by atoms with van der Waals surface area (Å²) in [6, 6.07) is 9.18. The summed E-state index contributed by atoms with van der Waals surface area (Å²) in [5.74, 6) is 0.769. The molecule has 2 rings (SSSR count). The first kappa shape index (κ1) is 14.4. The Bertz CT molecular complexity index is 444. The maximum Gasteiger partial charge on any atom is 0.258 e. The highest BCUT2D eigenvalue weighted by Gasteiger charge is 2.24. The molecule has 0 saturated heterocycles. The summed E-state index contributed by atoms with van der Waals surface area (Å²) in [4.78, 5) is 23.0. The molecule has 0 atom stereocenters. The summed E-state index contributed by atoms with van der Waals surface area (Å²) in [5, 5.41) is 5.52. The molecule has 1 saturated carbocycles. The van der Waals surface area contributed by atoms with E-state index in [2.05, 4.69) is 10.6 Å². The lowest BCUT2D eigenvalue weighted by atomic mass is 9.85. The van der Waals surface area contributed by atoms with Gasteiger partial charge in [-0.25, -0.2) is 0 Å². The summed E-state index contributed by atoms with van der Waals surface area (Å²) in [6.45, 7) is 0.877. The van der Waals surface area contributed by atoms with E-state index < -0.39 is 0 Å². The fraction of sp³-hybridized carbons (Fsp3) is 0.467. The predicted octanol–water partition coefficient (Wildman–Crippen LogP) is 1.10. The SMILES string of the molecule is O=C(COc1ccccc1)NCCNC(=O)C1CCC1. The molecule has 0 spiro atoms. The third-order valence-corrected chi connectivity index (χ3v) is 3.34. The molecule has 0 aliphatic heterocycles. The van der Waals surface area contributed by atoms with Crippen molar-refractivity contribution in [2.24, 2.45) is 5.92 Å². The second kappa shape index (κ2) is 7.53. The van der Waals surface area contributed by atoms with Crippen molar-refractivity contribution < 1.29 is 14.3 Å². The number of hydrogen-bond acceptors (Lipinski definition) is 3. The van der Waals surface area contributed by atoms with Gasteiger partial charge < -0.3 is 15.4 Å². The van der Waals surface area contributed by atoms with Crippen LogP contribution in [0, 0.1) is 5.92 Å². The summed E-state index contributed by atoms with van der Waals surface area (Å²) in [7, 11) is 0. The number of carbonyl (C=O) groups excluding carboxylic acids is 2. The zero-order valence-corrected chi connectivity index (χ0v) is 11.4. The molecule has 108 valence electrons. The van der Waals surface area contributed by atoms with Crippen molar-refractivity contribution in [3.63, 3.8) is 0 Å². The molecule has 20 heavy (non-hydrogen) atoms. The number of nitrogens with one attached hydrogen (secondary N) is 2. The highest BCUT2D eigenvalue weighted by atomic mass is 16.5. The van der Waals surface area contributed by atoms with Crippen LogP contribution in [0.1, 0.15) is 19.3 Å². The standard InChI is InChI=1S/C15H20N2O3/c18-14(11-20-13-7-2-1-3-8-13)16-9-10-17-15(19)12-5-4-6-12/h1-3,7-8,12H,4-6,9-11H2,(H,16,18)(H,17,19). The average Bonchev–Trinajstić information content (AvgIpc) is 2.40. The zero-order chi connectivity index (χ0) is 14.2. The molecule has 0 aromatic heterocycles. The number of carbonyl (C=O) groups is 2. The average molecular weight is 276 g/mol. The summed E-state index contributed by atoms with van der Waals surface area (Å²) >= 11 is 0. The van der Waals surface area contributed by atoms with Crippen LogP contribution < -0.4 is 15.4 Å². The molecule has 1 aromatic rings. The minimum atomic E-state index is -0.188. The Morgan fingerprint density at radius 1 is 1.10 bits per heavy atom. The van der Waals surface area contributed by atoms with Gasteiger partial charge in [-0.15, -0.1) is 0 Å². The predicted molar refractivity (Wildman–Crippen MR) is 75.3 cm³/mol. The molecule has 0 bridgehead atoms. The van der Waals surface area contributed by atoms with Gasteiger partial charge in [0.2, 0.25) is 5.91 Å². The maximum absolute atomic E-state index is 11.5. The third kappa shape index (κ3) is 4.57. The smallest absolute Gasteiger partial charge is 0.258 e. The zero-order valence-electron chi connectivity index (χ0n) is 11.4. The van der Waals surface area contributed by atoms with Gasteiger partial charge in [0, 0.05) is 19.0 Å². The van der Waals surface area contributed by atoms with E-state index in [9.17, 15) is 9.59 Å². The van der Waals surface area contributed by atoms with E-state index >= 15 is 0 Å². The van der Waals surface area contributed by atoms with Gasteiger partial charge in [-0.2, -0.15) is 0 Å². The number of benzene rings is 1. The molecule has 1 aromatic carbocycles. The molecule has 1 aliphatic carbocycles. The van der Waals surface area contributed by atoms with E-state index in [0.29, 0.717) is 18.8 Å². The fourth-order valence-electron chi connectivity index (χ4n) is 1.92. The Hall–Kier alpha value is -2.04. The largest absolute Gasteiger partial charge is 0.484 e. The number of ether oxygens (including phenoxy) is 1. The van der Waals surface area contributed by atoms with Gasteiger partial charge in [-0.1, -0.05) is 24.6 Å². The first-order valence-electron chi connectivity index (χ1n) is 6.98. The number of rotatable bonds is 7. The second-order valence-corrected chi connectivity index (χ2v) is 4.87.